The van der Waals surface area contributed by atoms with Crippen LogP contribution in [-0.4, -0.2) is 50.8 Å². The highest BCUT2D eigenvalue weighted by Crippen LogP contribution is 2.29. The molecule has 9 nitrogen and oxygen atoms in total. The van der Waals surface area contributed by atoms with E-state index in [-0.39, 0.29) is 42.8 Å². The molecule has 1 fully saturated rings. The molecule has 0 unspecified atom stereocenters. The Labute approximate surface area is 221 Å². The fraction of sp³-hybridized carbons (Fsp3) is 0.370. The van der Waals surface area contributed by atoms with Gasteiger partial charge in [-0.25, -0.2) is 4.79 Å². The lowest BCUT2D eigenvalue weighted by Gasteiger charge is -2.30. The molecule has 0 spiro atoms. The van der Waals surface area contributed by atoms with E-state index in [4.69, 9.17) is 4.74 Å². The van der Waals surface area contributed by atoms with Crippen molar-refractivity contribution in [2.75, 3.05) is 19.7 Å². The first-order valence-corrected chi connectivity index (χ1v) is 12.4. The SMILES string of the molecule is CCOC(=O)C1CCN(C(=O)c2nn(-c3cccc(C)c3)c(=O)n(Cc3cccc(C(F)(F)F)c3)c2=O)CC1. The van der Waals surface area contributed by atoms with E-state index >= 15 is 0 Å². The van der Waals surface area contributed by atoms with Crippen LogP contribution in [0.3, 0.4) is 0 Å². The molecule has 2 heterocycles. The van der Waals surface area contributed by atoms with Gasteiger partial charge in [-0.15, -0.1) is 0 Å². The number of halogens is 3. The standard InChI is InChI=1S/C27H27F3N4O5/c1-3-39-25(37)19-10-12-32(13-11-19)23(35)22-24(36)33(16-18-7-5-8-20(15-18)27(28,29)30)26(38)34(31-22)21-9-4-6-17(2)14-21/h4-9,14-15,19H,3,10-13,16H2,1-2H3. The topological polar surface area (TPSA) is 104 Å². The van der Waals surface area contributed by atoms with Gasteiger partial charge in [0.1, 0.15) is 0 Å². The van der Waals surface area contributed by atoms with Crippen molar-refractivity contribution in [3.05, 3.63) is 91.8 Å². The number of carbonyl (C=O) groups excluding carboxylic acids is 2. The van der Waals surface area contributed by atoms with E-state index in [1.54, 1.807) is 38.1 Å². The van der Waals surface area contributed by atoms with Crippen molar-refractivity contribution in [3.63, 3.8) is 0 Å². The summed E-state index contributed by atoms with van der Waals surface area (Å²) in [7, 11) is 0. The molecular formula is C27H27F3N4O5. The molecular weight excluding hydrogens is 517 g/mol. The van der Waals surface area contributed by atoms with Gasteiger partial charge in [-0.1, -0.05) is 24.3 Å². The number of nitrogens with zero attached hydrogens (tertiary/aromatic N) is 4. The normalized spacial score (nSPS) is 14.3. The fourth-order valence-corrected chi connectivity index (χ4v) is 4.47. The number of piperidine rings is 1. The molecule has 0 bridgehead atoms. The van der Waals surface area contributed by atoms with Crippen LogP contribution in [0, 0.1) is 12.8 Å². The molecule has 1 aromatic heterocycles. The number of esters is 1. The summed E-state index contributed by atoms with van der Waals surface area (Å²) in [6.45, 7) is 3.57. The van der Waals surface area contributed by atoms with Gasteiger partial charge in [0.15, 0.2) is 0 Å². The molecule has 0 radical (unpaired) electrons. The van der Waals surface area contributed by atoms with Gasteiger partial charge in [0.2, 0.25) is 5.69 Å². The summed E-state index contributed by atoms with van der Waals surface area (Å²) in [5.74, 6) is -1.46. The van der Waals surface area contributed by atoms with Crippen LogP contribution in [0.2, 0.25) is 0 Å². The van der Waals surface area contributed by atoms with Gasteiger partial charge in [0.05, 0.1) is 30.3 Å². The number of ether oxygens (including phenoxy) is 1. The number of likely N-dealkylation sites (tertiary alicyclic amines) is 1. The van der Waals surface area contributed by atoms with Gasteiger partial charge >= 0.3 is 17.8 Å². The van der Waals surface area contributed by atoms with E-state index in [9.17, 15) is 32.3 Å². The average molecular weight is 545 g/mol. The number of aryl methyl sites for hydroxylation is 1. The largest absolute Gasteiger partial charge is 0.466 e. The van der Waals surface area contributed by atoms with Crippen molar-refractivity contribution in [1.29, 1.82) is 0 Å². The van der Waals surface area contributed by atoms with Crippen LogP contribution in [0.1, 0.15) is 46.9 Å². The van der Waals surface area contributed by atoms with Gasteiger partial charge in [0.25, 0.3) is 11.5 Å². The zero-order valence-electron chi connectivity index (χ0n) is 21.4. The number of carbonyl (C=O) groups is 2. The van der Waals surface area contributed by atoms with E-state index in [1.807, 2.05) is 0 Å². The minimum absolute atomic E-state index is 0.0552. The maximum atomic E-state index is 13.4. The molecule has 2 aromatic carbocycles. The second kappa shape index (κ2) is 11.3. The highest BCUT2D eigenvalue weighted by atomic mass is 19.4. The third-order valence-corrected chi connectivity index (χ3v) is 6.51. The monoisotopic (exact) mass is 544 g/mol. The number of benzene rings is 2. The molecule has 0 saturated carbocycles. The first-order chi connectivity index (χ1) is 18.5. The van der Waals surface area contributed by atoms with Gasteiger partial charge in [-0.3, -0.25) is 19.0 Å². The Morgan fingerprint density at radius 3 is 2.38 bits per heavy atom. The molecule has 3 aromatic rings. The number of aromatic nitrogens is 3. The molecule has 1 aliphatic heterocycles. The fourth-order valence-electron chi connectivity index (χ4n) is 4.47. The van der Waals surface area contributed by atoms with Crippen LogP contribution < -0.4 is 11.2 Å². The van der Waals surface area contributed by atoms with Crippen molar-refractivity contribution < 1.29 is 27.5 Å². The zero-order chi connectivity index (χ0) is 28.3. The zero-order valence-corrected chi connectivity index (χ0v) is 21.4. The van der Waals surface area contributed by atoms with Crippen molar-refractivity contribution in [2.24, 2.45) is 5.92 Å². The first kappa shape index (κ1) is 27.8. The highest BCUT2D eigenvalue weighted by Gasteiger charge is 2.32. The Kier molecular flexibility index (Phi) is 8.03. The van der Waals surface area contributed by atoms with E-state index < -0.39 is 41.1 Å². The third-order valence-electron chi connectivity index (χ3n) is 6.51. The lowest BCUT2D eigenvalue weighted by Crippen LogP contribution is -2.48. The first-order valence-electron chi connectivity index (χ1n) is 12.4. The number of rotatable bonds is 6. The molecule has 4 rings (SSSR count). The quantitative estimate of drug-likeness (QED) is 0.442. The number of alkyl halides is 3. The molecule has 0 aliphatic carbocycles. The maximum Gasteiger partial charge on any atom is 0.416 e. The lowest BCUT2D eigenvalue weighted by atomic mass is 9.97. The summed E-state index contributed by atoms with van der Waals surface area (Å²) in [6, 6.07) is 10.9. The minimum atomic E-state index is -4.61. The number of hydrogen-bond acceptors (Lipinski definition) is 6. The van der Waals surface area contributed by atoms with Gasteiger partial charge in [0, 0.05) is 13.1 Å². The van der Waals surface area contributed by atoms with Crippen LogP contribution in [-0.2, 0) is 22.3 Å². The summed E-state index contributed by atoms with van der Waals surface area (Å²) < 4.78 is 46.5. The lowest BCUT2D eigenvalue weighted by molar-refractivity contribution is -0.149. The Bertz CT molecular complexity index is 1500. The Balaban J connectivity index is 1.75. The highest BCUT2D eigenvalue weighted by molar-refractivity contribution is 5.92. The van der Waals surface area contributed by atoms with E-state index in [0.717, 1.165) is 22.4 Å². The van der Waals surface area contributed by atoms with Gasteiger partial charge in [-0.05, 0) is 62.1 Å². The summed E-state index contributed by atoms with van der Waals surface area (Å²) in [5.41, 5.74) is -2.27. The van der Waals surface area contributed by atoms with Crippen LogP contribution in [0.25, 0.3) is 5.69 Å². The van der Waals surface area contributed by atoms with Crippen molar-refractivity contribution >= 4 is 11.9 Å². The predicted octanol–water partition coefficient (Wildman–Crippen LogP) is 3.19. The summed E-state index contributed by atoms with van der Waals surface area (Å²) in [4.78, 5) is 53.7. The summed E-state index contributed by atoms with van der Waals surface area (Å²) >= 11 is 0. The van der Waals surface area contributed by atoms with Crippen LogP contribution in [0.4, 0.5) is 13.2 Å². The summed E-state index contributed by atoms with van der Waals surface area (Å²) in [5, 5.41) is 4.11. The second-order valence-corrected chi connectivity index (χ2v) is 9.29. The van der Waals surface area contributed by atoms with Crippen molar-refractivity contribution in [2.45, 2.75) is 39.4 Å². The van der Waals surface area contributed by atoms with Crippen molar-refractivity contribution in [3.8, 4) is 5.69 Å². The van der Waals surface area contributed by atoms with E-state index in [1.165, 1.54) is 17.0 Å². The molecule has 1 amide bonds. The van der Waals surface area contributed by atoms with Crippen molar-refractivity contribution in [1.82, 2.24) is 19.2 Å². The number of amides is 1. The maximum absolute atomic E-state index is 13.4. The summed E-state index contributed by atoms with van der Waals surface area (Å²) in [6.07, 6.45) is -3.95. The minimum Gasteiger partial charge on any atom is -0.466 e. The average Bonchev–Trinajstić information content (AvgIpc) is 2.91. The Morgan fingerprint density at radius 2 is 1.74 bits per heavy atom. The number of hydrogen-bond donors (Lipinski definition) is 0. The van der Waals surface area contributed by atoms with Crippen LogP contribution in [0.15, 0.2) is 58.1 Å². The van der Waals surface area contributed by atoms with Crippen LogP contribution in [0.5, 0.6) is 0 Å². The van der Waals surface area contributed by atoms with Crippen LogP contribution >= 0.6 is 0 Å². The molecule has 206 valence electrons. The molecule has 1 saturated heterocycles. The Morgan fingerprint density at radius 1 is 1.05 bits per heavy atom. The molecule has 1 aliphatic rings. The van der Waals surface area contributed by atoms with Gasteiger partial charge in [-0.2, -0.15) is 23.0 Å². The van der Waals surface area contributed by atoms with E-state index in [2.05, 4.69) is 5.10 Å². The van der Waals surface area contributed by atoms with Gasteiger partial charge < -0.3 is 9.64 Å². The third kappa shape index (κ3) is 6.10. The Hall–Kier alpha value is -4.22. The molecule has 12 heteroatoms. The second-order valence-electron chi connectivity index (χ2n) is 9.29. The smallest absolute Gasteiger partial charge is 0.416 e. The molecule has 0 atom stereocenters. The molecule has 0 N–H and O–H groups in total. The van der Waals surface area contributed by atoms with E-state index in [0.29, 0.717) is 17.4 Å². The predicted molar refractivity (Wildman–Crippen MR) is 135 cm³/mol. The molecule has 39 heavy (non-hydrogen) atoms.